The molecule has 0 N–H and O–H groups in total. The highest BCUT2D eigenvalue weighted by atomic mass is 16.5. The Morgan fingerprint density at radius 1 is 1.13 bits per heavy atom. The fraction of sp³-hybridized carbons (Fsp3) is 0.353. The number of aromatic nitrogens is 2. The highest BCUT2D eigenvalue weighted by Crippen LogP contribution is 2.12. The maximum absolute atomic E-state index is 12.4. The second kappa shape index (κ2) is 7.19. The number of hydrogen-bond acceptors (Lipinski definition) is 5. The highest BCUT2D eigenvalue weighted by molar-refractivity contribution is 5.92. The first-order chi connectivity index (χ1) is 11.3. The van der Waals surface area contributed by atoms with Crippen molar-refractivity contribution in [2.24, 2.45) is 0 Å². The van der Waals surface area contributed by atoms with Crippen molar-refractivity contribution in [3.05, 3.63) is 54.0 Å². The first-order valence-corrected chi connectivity index (χ1v) is 7.68. The number of piperazine rings is 1. The molecule has 1 aliphatic heterocycles. The monoisotopic (exact) mass is 312 g/mol. The predicted molar refractivity (Wildman–Crippen MR) is 86.2 cm³/mol. The van der Waals surface area contributed by atoms with Crippen molar-refractivity contribution in [2.45, 2.75) is 6.54 Å². The fourth-order valence-corrected chi connectivity index (χ4v) is 2.64. The Kier molecular flexibility index (Phi) is 4.83. The van der Waals surface area contributed by atoms with E-state index in [9.17, 15) is 4.79 Å². The molecule has 0 radical (unpaired) electrons. The molecule has 2 aromatic heterocycles. The van der Waals surface area contributed by atoms with Crippen LogP contribution in [0.3, 0.4) is 0 Å². The van der Waals surface area contributed by atoms with Gasteiger partial charge in [-0.25, -0.2) is 4.98 Å². The molecular formula is C17H20N4O2. The molecule has 1 amide bonds. The van der Waals surface area contributed by atoms with Crippen LogP contribution in [0.1, 0.15) is 16.1 Å². The highest BCUT2D eigenvalue weighted by Gasteiger charge is 2.22. The maximum atomic E-state index is 12.4. The van der Waals surface area contributed by atoms with Crippen molar-refractivity contribution >= 4 is 5.91 Å². The summed E-state index contributed by atoms with van der Waals surface area (Å²) in [4.78, 5) is 24.9. The number of ether oxygens (including phenoxy) is 1. The van der Waals surface area contributed by atoms with Crippen molar-refractivity contribution in [3.63, 3.8) is 0 Å². The summed E-state index contributed by atoms with van der Waals surface area (Å²) in [6.07, 6.45) is 3.49. The summed E-state index contributed by atoms with van der Waals surface area (Å²) in [6, 6.07) is 9.32. The third-order valence-electron chi connectivity index (χ3n) is 3.96. The van der Waals surface area contributed by atoms with Gasteiger partial charge in [-0.05, 0) is 17.7 Å². The standard InChI is InChI=1S/C17H20N4O2/c1-23-16-6-5-14(12-19-16)13-20-8-10-21(11-9-20)17(22)15-4-2-3-7-18-15/h2-7,12H,8-11,13H2,1H3. The third kappa shape index (κ3) is 3.84. The van der Waals surface area contributed by atoms with Crippen LogP contribution >= 0.6 is 0 Å². The first-order valence-electron chi connectivity index (χ1n) is 7.68. The predicted octanol–water partition coefficient (Wildman–Crippen LogP) is 1.44. The van der Waals surface area contributed by atoms with E-state index in [0.29, 0.717) is 11.6 Å². The summed E-state index contributed by atoms with van der Waals surface area (Å²) >= 11 is 0. The Balaban J connectivity index is 1.53. The fourth-order valence-electron chi connectivity index (χ4n) is 2.64. The number of methoxy groups -OCH3 is 1. The Labute approximate surface area is 135 Å². The average molecular weight is 312 g/mol. The molecule has 2 aromatic rings. The topological polar surface area (TPSA) is 58.6 Å². The molecule has 0 bridgehead atoms. The van der Waals surface area contributed by atoms with Gasteiger partial charge in [-0.3, -0.25) is 14.7 Å². The lowest BCUT2D eigenvalue weighted by Crippen LogP contribution is -2.48. The Bertz CT molecular complexity index is 637. The van der Waals surface area contributed by atoms with E-state index in [0.717, 1.165) is 38.3 Å². The smallest absolute Gasteiger partial charge is 0.272 e. The number of carbonyl (C=O) groups is 1. The van der Waals surface area contributed by atoms with Crippen LogP contribution in [0.4, 0.5) is 0 Å². The van der Waals surface area contributed by atoms with Crippen LogP contribution in [0, 0.1) is 0 Å². The van der Waals surface area contributed by atoms with Gasteiger partial charge in [0.05, 0.1) is 7.11 Å². The van der Waals surface area contributed by atoms with Crippen LogP contribution in [0.2, 0.25) is 0 Å². The van der Waals surface area contributed by atoms with Gasteiger partial charge >= 0.3 is 0 Å². The van der Waals surface area contributed by atoms with Crippen LogP contribution < -0.4 is 4.74 Å². The van der Waals surface area contributed by atoms with E-state index in [2.05, 4.69) is 14.9 Å². The molecule has 120 valence electrons. The molecule has 3 rings (SSSR count). The second-order valence-electron chi connectivity index (χ2n) is 5.49. The molecule has 0 aliphatic carbocycles. The number of rotatable bonds is 4. The quantitative estimate of drug-likeness (QED) is 0.855. The molecular weight excluding hydrogens is 292 g/mol. The van der Waals surface area contributed by atoms with Crippen molar-refractivity contribution in [1.29, 1.82) is 0 Å². The zero-order valence-corrected chi connectivity index (χ0v) is 13.2. The van der Waals surface area contributed by atoms with E-state index in [1.165, 1.54) is 0 Å². The normalized spacial score (nSPS) is 15.4. The van der Waals surface area contributed by atoms with Gasteiger partial charge in [0.1, 0.15) is 5.69 Å². The minimum Gasteiger partial charge on any atom is -0.481 e. The van der Waals surface area contributed by atoms with Crippen LogP contribution in [0.5, 0.6) is 5.88 Å². The first kappa shape index (κ1) is 15.4. The lowest BCUT2D eigenvalue weighted by atomic mass is 10.2. The van der Waals surface area contributed by atoms with E-state index in [1.54, 1.807) is 19.4 Å². The van der Waals surface area contributed by atoms with Crippen LogP contribution in [0.15, 0.2) is 42.7 Å². The molecule has 3 heterocycles. The van der Waals surface area contributed by atoms with Crippen molar-refractivity contribution in [3.8, 4) is 5.88 Å². The Morgan fingerprint density at radius 3 is 2.57 bits per heavy atom. The van der Waals surface area contributed by atoms with E-state index in [4.69, 9.17) is 4.74 Å². The van der Waals surface area contributed by atoms with E-state index >= 15 is 0 Å². The lowest BCUT2D eigenvalue weighted by Gasteiger charge is -2.34. The van der Waals surface area contributed by atoms with Crippen molar-refractivity contribution < 1.29 is 9.53 Å². The van der Waals surface area contributed by atoms with Gasteiger partial charge in [0.25, 0.3) is 5.91 Å². The van der Waals surface area contributed by atoms with Crippen molar-refractivity contribution in [1.82, 2.24) is 19.8 Å². The van der Waals surface area contributed by atoms with E-state index < -0.39 is 0 Å². The van der Waals surface area contributed by atoms with Gasteiger partial charge in [-0.15, -0.1) is 0 Å². The molecule has 0 atom stereocenters. The summed E-state index contributed by atoms with van der Waals surface area (Å²) in [5.41, 5.74) is 1.66. The molecule has 0 spiro atoms. The average Bonchev–Trinajstić information content (AvgIpc) is 2.63. The molecule has 23 heavy (non-hydrogen) atoms. The molecule has 6 nitrogen and oxygen atoms in total. The molecule has 6 heteroatoms. The van der Waals surface area contributed by atoms with Gasteiger partial charge in [0.15, 0.2) is 0 Å². The Morgan fingerprint density at radius 2 is 1.96 bits per heavy atom. The van der Waals surface area contributed by atoms with Gasteiger partial charge in [-0.1, -0.05) is 12.1 Å². The molecule has 1 saturated heterocycles. The zero-order valence-electron chi connectivity index (χ0n) is 13.2. The van der Waals surface area contributed by atoms with Gasteiger partial charge < -0.3 is 9.64 Å². The van der Waals surface area contributed by atoms with Gasteiger partial charge in [-0.2, -0.15) is 0 Å². The van der Waals surface area contributed by atoms with Gasteiger partial charge in [0, 0.05) is 51.2 Å². The Hall–Kier alpha value is -2.47. The SMILES string of the molecule is COc1ccc(CN2CCN(C(=O)c3ccccn3)CC2)cn1. The van der Waals surface area contributed by atoms with E-state index in [1.807, 2.05) is 35.4 Å². The molecule has 0 saturated carbocycles. The zero-order chi connectivity index (χ0) is 16.1. The molecule has 0 unspecified atom stereocenters. The molecule has 0 aromatic carbocycles. The van der Waals surface area contributed by atoms with Crippen LogP contribution in [-0.4, -0.2) is 59.0 Å². The van der Waals surface area contributed by atoms with E-state index in [-0.39, 0.29) is 5.91 Å². The van der Waals surface area contributed by atoms with Crippen LogP contribution in [-0.2, 0) is 6.54 Å². The summed E-state index contributed by atoms with van der Waals surface area (Å²) < 4.78 is 5.07. The van der Waals surface area contributed by atoms with Crippen molar-refractivity contribution in [2.75, 3.05) is 33.3 Å². The number of amides is 1. The minimum atomic E-state index is 0.0105. The van der Waals surface area contributed by atoms with Crippen LogP contribution in [0.25, 0.3) is 0 Å². The number of carbonyl (C=O) groups excluding carboxylic acids is 1. The summed E-state index contributed by atoms with van der Waals surface area (Å²) in [5, 5.41) is 0. The third-order valence-corrected chi connectivity index (χ3v) is 3.96. The number of nitrogens with zero attached hydrogens (tertiary/aromatic N) is 4. The second-order valence-corrected chi connectivity index (χ2v) is 5.49. The molecule has 1 aliphatic rings. The summed E-state index contributed by atoms with van der Waals surface area (Å²) in [6.45, 7) is 3.98. The van der Waals surface area contributed by atoms with Gasteiger partial charge in [0.2, 0.25) is 5.88 Å². The minimum absolute atomic E-state index is 0.0105. The molecule has 1 fully saturated rings. The number of pyridine rings is 2. The lowest BCUT2D eigenvalue weighted by molar-refractivity contribution is 0.0622. The summed E-state index contributed by atoms with van der Waals surface area (Å²) in [5.74, 6) is 0.635. The number of hydrogen-bond donors (Lipinski definition) is 0. The largest absolute Gasteiger partial charge is 0.481 e. The maximum Gasteiger partial charge on any atom is 0.272 e. The summed E-state index contributed by atoms with van der Waals surface area (Å²) in [7, 11) is 1.61.